The lowest BCUT2D eigenvalue weighted by atomic mass is 9.89. The summed E-state index contributed by atoms with van der Waals surface area (Å²) in [5.74, 6) is -0.575. The molecule has 1 heterocycles. The van der Waals surface area contributed by atoms with Gasteiger partial charge in [0.05, 0.1) is 5.52 Å². The van der Waals surface area contributed by atoms with E-state index < -0.39 is 11.4 Å². The molecule has 1 fully saturated rings. The zero-order chi connectivity index (χ0) is 14.8. The van der Waals surface area contributed by atoms with Gasteiger partial charge in [0.25, 0.3) is 0 Å². The molecule has 0 bridgehead atoms. The number of hydrogen-bond acceptors (Lipinski definition) is 2. The van der Waals surface area contributed by atoms with Gasteiger partial charge in [-0.25, -0.2) is 4.79 Å². The lowest BCUT2D eigenvalue weighted by Crippen LogP contribution is -2.21. The first-order valence-electron chi connectivity index (χ1n) is 7.52. The van der Waals surface area contributed by atoms with Crippen molar-refractivity contribution >= 4 is 16.9 Å². The summed E-state index contributed by atoms with van der Waals surface area (Å²) in [6.45, 7) is 0.793. The van der Waals surface area contributed by atoms with Crippen molar-refractivity contribution in [2.24, 2.45) is 5.92 Å². The second-order valence-corrected chi connectivity index (χ2v) is 5.85. The van der Waals surface area contributed by atoms with Crippen LogP contribution in [0.3, 0.4) is 0 Å². The van der Waals surface area contributed by atoms with Crippen molar-refractivity contribution in [2.75, 3.05) is 0 Å². The first kappa shape index (κ1) is 13.9. The van der Waals surface area contributed by atoms with Gasteiger partial charge in [-0.15, -0.1) is 0 Å². The van der Waals surface area contributed by atoms with Crippen LogP contribution in [0.4, 0.5) is 0 Å². The molecule has 0 atom stereocenters. The van der Waals surface area contributed by atoms with Gasteiger partial charge in [-0.05, 0) is 30.9 Å². The Bertz CT molecular complexity index is 726. The highest BCUT2D eigenvalue weighted by Crippen LogP contribution is 2.26. The molecule has 0 saturated heterocycles. The van der Waals surface area contributed by atoms with Crippen LogP contribution in [0.1, 0.15) is 42.5 Å². The number of carbonyl (C=O) groups is 1. The number of hydrogen-bond donors (Lipinski definition) is 1. The van der Waals surface area contributed by atoms with Crippen molar-refractivity contribution in [3.63, 3.8) is 0 Å². The van der Waals surface area contributed by atoms with Gasteiger partial charge >= 0.3 is 5.97 Å². The van der Waals surface area contributed by atoms with E-state index in [1.54, 1.807) is 12.1 Å². The molecule has 0 aliphatic heterocycles. The number of benzene rings is 1. The summed E-state index contributed by atoms with van der Waals surface area (Å²) in [6.07, 6.45) is 7.66. The summed E-state index contributed by atoms with van der Waals surface area (Å²) in [5, 5.41) is 9.74. The Kier molecular flexibility index (Phi) is 3.78. The van der Waals surface area contributed by atoms with E-state index in [4.69, 9.17) is 0 Å². The molecule has 1 aliphatic rings. The average molecular weight is 285 g/mol. The third-order valence-electron chi connectivity index (χ3n) is 4.40. The fourth-order valence-electron chi connectivity index (χ4n) is 3.30. The van der Waals surface area contributed by atoms with Crippen LogP contribution < -0.4 is 5.43 Å². The Labute approximate surface area is 123 Å². The highest BCUT2D eigenvalue weighted by molar-refractivity contribution is 5.92. The molecule has 0 amide bonds. The summed E-state index contributed by atoms with van der Waals surface area (Å²) in [4.78, 5) is 23.5. The van der Waals surface area contributed by atoms with Crippen LogP contribution >= 0.6 is 0 Å². The first-order chi connectivity index (χ1) is 10.2. The van der Waals surface area contributed by atoms with E-state index in [0.717, 1.165) is 12.1 Å². The minimum atomic E-state index is -1.15. The minimum Gasteiger partial charge on any atom is -0.477 e. The summed E-state index contributed by atoms with van der Waals surface area (Å²) < 4.78 is 1.95. The van der Waals surface area contributed by atoms with Crippen LogP contribution in [-0.4, -0.2) is 15.6 Å². The number of carboxylic acid groups (broad SMARTS) is 1. The van der Waals surface area contributed by atoms with E-state index in [1.165, 1.54) is 38.3 Å². The average Bonchev–Trinajstić information content (AvgIpc) is 2.51. The van der Waals surface area contributed by atoms with Gasteiger partial charge in [-0.1, -0.05) is 31.4 Å². The molecular formula is C17H19NO3. The van der Waals surface area contributed by atoms with Gasteiger partial charge in [-0.3, -0.25) is 4.79 Å². The van der Waals surface area contributed by atoms with Gasteiger partial charge in [0, 0.05) is 18.1 Å². The Morgan fingerprint density at radius 3 is 2.62 bits per heavy atom. The van der Waals surface area contributed by atoms with E-state index in [-0.39, 0.29) is 5.56 Å². The molecule has 1 aliphatic carbocycles. The van der Waals surface area contributed by atoms with Crippen LogP contribution in [0.15, 0.2) is 35.3 Å². The zero-order valence-electron chi connectivity index (χ0n) is 11.9. The zero-order valence-corrected chi connectivity index (χ0v) is 11.9. The molecular weight excluding hydrogens is 266 g/mol. The number of rotatable bonds is 3. The van der Waals surface area contributed by atoms with E-state index in [2.05, 4.69) is 0 Å². The van der Waals surface area contributed by atoms with Crippen molar-refractivity contribution in [3.8, 4) is 0 Å². The normalized spacial score (nSPS) is 16.2. The van der Waals surface area contributed by atoms with Crippen LogP contribution in [-0.2, 0) is 6.54 Å². The van der Waals surface area contributed by atoms with Gasteiger partial charge in [0.15, 0.2) is 0 Å². The Balaban J connectivity index is 2.09. The topological polar surface area (TPSA) is 59.3 Å². The predicted octanol–water partition coefficient (Wildman–Crippen LogP) is 3.28. The minimum absolute atomic E-state index is 0.135. The molecule has 4 nitrogen and oxygen atoms in total. The Morgan fingerprint density at radius 2 is 1.90 bits per heavy atom. The fourth-order valence-corrected chi connectivity index (χ4v) is 3.30. The second-order valence-electron chi connectivity index (χ2n) is 5.85. The molecule has 21 heavy (non-hydrogen) atoms. The summed E-state index contributed by atoms with van der Waals surface area (Å²) in [6, 6.07) is 7.27. The standard InChI is InChI=1S/C17H19NO3/c19-16-13-8-4-5-9-15(13)18(11-14(16)17(20)21)10-12-6-2-1-3-7-12/h4-5,8-9,11-12H,1-3,6-7,10H2,(H,20,21). The number of aromatic carboxylic acids is 1. The number of pyridine rings is 1. The molecule has 0 radical (unpaired) electrons. The van der Waals surface area contributed by atoms with Crippen LogP contribution in [0.25, 0.3) is 10.9 Å². The molecule has 4 heteroatoms. The summed E-state index contributed by atoms with van der Waals surface area (Å²) in [5.41, 5.74) is 0.306. The molecule has 3 rings (SSSR count). The van der Waals surface area contributed by atoms with Crippen LogP contribution in [0.2, 0.25) is 0 Å². The molecule has 2 aromatic rings. The first-order valence-corrected chi connectivity index (χ1v) is 7.52. The van der Waals surface area contributed by atoms with Crippen molar-refractivity contribution < 1.29 is 9.90 Å². The quantitative estimate of drug-likeness (QED) is 0.941. The smallest absolute Gasteiger partial charge is 0.341 e. The number of fused-ring (bicyclic) bond motifs is 1. The van der Waals surface area contributed by atoms with Crippen molar-refractivity contribution in [1.82, 2.24) is 4.57 Å². The Hall–Kier alpha value is -2.10. The summed E-state index contributed by atoms with van der Waals surface area (Å²) in [7, 11) is 0. The fraction of sp³-hybridized carbons (Fsp3) is 0.412. The van der Waals surface area contributed by atoms with Gasteiger partial charge < -0.3 is 9.67 Å². The highest BCUT2D eigenvalue weighted by atomic mass is 16.4. The van der Waals surface area contributed by atoms with E-state index in [9.17, 15) is 14.7 Å². The second kappa shape index (κ2) is 5.72. The number of aromatic nitrogens is 1. The Morgan fingerprint density at radius 1 is 1.19 bits per heavy atom. The molecule has 1 aromatic carbocycles. The lowest BCUT2D eigenvalue weighted by Gasteiger charge is -2.24. The largest absolute Gasteiger partial charge is 0.477 e. The molecule has 1 saturated carbocycles. The van der Waals surface area contributed by atoms with E-state index >= 15 is 0 Å². The number of carboxylic acids is 1. The van der Waals surface area contributed by atoms with E-state index in [0.29, 0.717) is 11.3 Å². The van der Waals surface area contributed by atoms with Gasteiger partial charge in [-0.2, -0.15) is 0 Å². The third kappa shape index (κ3) is 2.71. The molecule has 1 N–H and O–H groups in total. The van der Waals surface area contributed by atoms with E-state index in [1.807, 2.05) is 16.7 Å². The maximum Gasteiger partial charge on any atom is 0.341 e. The monoisotopic (exact) mass is 285 g/mol. The van der Waals surface area contributed by atoms with Gasteiger partial charge in [0.1, 0.15) is 5.56 Å². The molecule has 110 valence electrons. The molecule has 0 unspecified atom stereocenters. The van der Waals surface area contributed by atoms with Crippen LogP contribution in [0.5, 0.6) is 0 Å². The molecule has 1 aromatic heterocycles. The van der Waals surface area contributed by atoms with Crippen LogP contribution in [0, 0.1) is 5.92 Å². The van der Waals surface area contributed by atoms with Gasteiger partial charge in [0.2, 0.25) is 5.43 Å². The SMILES string of the molecule is O=C(O)c1cn(CC2CCCCC2)c2ccccc2c1=O. The third-order valence-corrected chi connectivity index (χ3v) is 4.40. The predicted molar refractivity (Wildman–Crippen MR) is 81.7 cm³/mol. The maximum atomic E-state index is 12.2. The van der Waals surface area contributed by atoms with Crippen molar-refractivity contribution in [2.45, 2.75) is 38.6 Å². The van der Waals surface area contributed by atoms with Crippen molar-refractivity contribution in [1.29, 1.82) is 0 Å². The number of nitrogens with zero attached hydrogens (tertiary/aromatic N) is 1. The van der Waals surface area contributed by atoms with Crippen molar-refractivity contribution in [3.05, 3.63) is 46.2 Å². The number of para-hydroxylation sites is 1. The maximum absolute atomic E-state index is 12.2. The lowest BCUT2D eigenvalue weighted by molar-refractivity contribution is 0.0694. The highest BCUT2D eigenvalue weighted by Gasteiger charge is 2.18. The summed E-state index contributed by atoms with van der Waals surface area (Å²) >= 11 is 0. The molecule has 0 spiro atoms.